The molecule has 234 valence electrons. The van der Waals surface area contributed by atoms with Gasteiger partial charge in [-0.2, -0.15) is 0 Å². The van der Waals surface area contributed by atoms with E-state index < -0.39 is 45.8 Å². The first-order valence-corrected chi connectivity index (χ1v) is 13.6. The van der Waals surface area contributed by atoms with Crippen LogP contribution < -0.4 is 14.4 Å². The number of aliphatic carboxylic acids is 2. The zero-order valence-corrected chi connectivity index (χ0v) is 24.3. The number of para-hydroxylation sites is 1. The molecule has 44 heavy (non-hydrogen) atoms. The number of Topliss-reactive ketones (excluding diaryl/α,β-unsaturated/α-hetero) is 2. The number of carboxylic acid groups (broad SMARTS) is 2. The zero-order valence-electron chi connectivity index (χ0n) is 24.3. The monoisotopic (exact) mass is 609 g/mol. The number of carbonyl (C=O) groups excluding carboxylic acids is 2. The van der Waals surface area contributed by atoms with Gasteiger partial charge in [-0.15, -0.1) is 0 Å². The van der Waals surface area contributed by atoms with Crippen LogP contribution in [0, 0.1) is 5.92 Å². The summed E-state index contributed by atoms with van der Waals surface area (Å²) in [5, 5.41) is 49.3. The van der Waals surface area contributed by atoms with E-state index in [1.165, 1.54) is 50.6 Å². The quantitative estimate of drug-likeness (QED) is 0.149. The molecule has 0 aromatic heterocycles. The number of ketones is 2. The predicted molar refractivity (Wildman–Crippen MR) is 158 cm³/mol. The lowest BCUT2D eigenvalue weighted by atomic mass is 9.73. The van der Waals surface area contributed by atoms with Crippen LogP contribution in [0.3, 0.4) is 0 Å². The van der Waals surface area contributed by atoms with Crippen molar-refractivity contribution in [2.45, 2.75) is 24.0 Å². The Hall–Kier alpha value is -4.78. The van der Waals surface area contributed by atoms with E-state index in [0.717, 1.165) is 43.8 Å². The molecule has 1 fully saturated rings. The van der Waals surface area contributed by atoms with Crippen LogP contribution in [0.25, 0.3) is 0 Å². The topological polar surface area (TPSA) is 191 Å². The summed E-state index contributed by atoms with van der Waals surface area (Å²) in [4.78, 5) is 51.8. The number of methoxy groups -OCH3 is 2. The van der Waals surface area contributed by atoms with E-state index in [-0.39, 0.29) is 11.5 Å². The maximum Gasteiger partial charge on any atom is 0.348 e. The summed E-state index contributed by atoms with van der Waals surface area (Å²) in [5.74, 6) is -7.00. The molecule has 12 nitrogen and oxygen atoms in total. The lowest BCUT2D eigenvalue weighted by Gasteiger charge is -2.34. The van der Waals surface area contributed by atoms with Crippen molar-refractivity contribution in [3.05, 3.63) is 90.0 Å². The highest BCUT2D eigenvalue weighted by atomic mass is 16.5. The summed E-state index contributed by atoms with van der Waals surface area (Å²) in [6.07, 6.45) is 2.17. The second-order valence-corrected chi connectivity index (χ2v) is 10.1. The van der Waals surface area contributed by atoms with E-state index in [4.69, 9.17) is 14.6 Å². The van der Waals surface area contributed by atoms with Crippen LogP contribution in [0.15, 0.2) is 78.9 Å². The summed E-state index contributed by atoms with van der Waals surface area (Å²) in [7, 11) is 2.67. The van der Waals surface area contributed by atoms with Crippen molar-refractivity contribution >= 4 is 29.2 Å². The van der Waals surface area contributed by atoms with Gasteiger partial charge in [-0.25, -0.2) is 9.59 Å². The van der Waals surface area contributed by atoms with Gasteiger partial charge in [-0.1, -0.05) is 18.2 Å². The highest BCUT2D eigenvalue weighted by molar-refractivity contribution is 6.28. The predicted octanol–water partition coefficient (Wildman–Crippen LogP) is 2.30. The summed E-state index contributed by atoms with van der Waals surface area (Å²) in [6, 6.07) is 19.7. The van der Waals surface area contributed by atoms with Crippen molar-refractivity contribution in [1.29, 1.82) is 0 Å². The zero-order chi connectivity index (χ0) is 32.5. The minimum Gasteiger partial charge on any atom is -0.497 e. The fraction of sp³-hybridized carbons (Fsp3) is 0.312. The Kier molecular flexibility index (Phi) is 11.2. The molecule has 3 atom stereocenters. The Labute approximate surface area is 253 Å². The third-order valence-electron chi connectivity index (χ3n) is 7.45. The minimum atomic E-state index is -4.04. The van der Waals surface area contributed by atoms with Crippen molar-refractivity contribution in [2.24, 2.45) is 5.92 Å². The largest absolute Gasteiger partial charge is 0.497 e. The highest BCUT2D eigenvalue weighted by Gasteiger charge is 2.69. The molecular weight excluding hydrogens is 574 g/mol. The molecule has 1 aliphatic heterocycles. The first-order valence-electron chi connectivity index (χ1n) is 13.6. The van der Waals surface area contributed by atoms with Crippen molar-refractivity contribution in [3.63, 3.8) is 0 Å². The number of nitrogens with zero attached hydrogens (tertiary/aromatic N) is 1. The third kappa shape index (κ3) is 6.88. The molecule has 0 radical (unpaired) electrons. The maximum atomic E-state index is 12.8. The second kappa shape index (κ2) is 14.6. The SMILES string of the molecule is COc1ccc(C(=O)[C@@](O)(C(=O)O)[C@](O)(C(=O)O)C(=O)c2ccc(OC)cc2)cc1.OCCC1CCN(c2ccccc2)C1. The van der Waals surface area contributed by atoms with Gasteiger partial charge in [0.05, 0.1) is 14.2 Å². The van der Waals surface area contributed by atoms with E-state index in [9.17, 15) is 39.6 Å². The van der Waals surface area contributed by atoms with Gasteiger partial charge < -0.3 is 39.9 Å². The molecule has 1 saturated heterocycles. The number of carboxylic acids is 2. The Morgan fingerprint density at radius 1 is 0.750 bits per heavy atom. The Bertz CT molecular complexity index is 1360. The number of hydrogen-bond donors (Lipinski definition) is 5. The molecule has 0 spiro atoms. The number of ether oxygens (including phenoxy) is 2. The standard InChI is InChI=1S/C20H18O10.C12H17NO/c1-29-13-7-3-11(4-8-13)15(21)19(27,17(23)24)20(28,18(25)26)16(22)12-5-9-14(30-2)10-6-12;14-9-7-11-6-8-13(10-11)12-4-2-1-3-5-12/h3-10,27-28H,1-2H3,(H,23,24)(H,25,26);1-5,11,14H,6-10H2/t19-,20-;/m1./s1. The van der Waals surface area contributed by atoms with Crippen LogP contribution in [0.2, 0.25) is 0 Å². The third-order valence-corrected chi connectivity index (χ3v) is 7.45. The van der Waals surface area contributed by atoms with Gasteiger partial charge in [0.1, 0.15) is 11.5 Å². The van der Waals surface area contributed by atoms with Gasteiger partial charge in [-0.05, 0) is 79.4 Å². The average Bonchev–Trinajstić information content (AvgIpc) is 3.52. The second-order valence-electron chi connectivity index (χ2n) is 10.1. The molecule has 0 amide bonds. The average molecular weight is 610 g/mol. The van der Waals surface area contributed by atoms with Crippen LogP contribution in [-0.2, 0) is 9.59 Å². The van der Waals surface area contributed by atoms with Gasteiger partial charge in [0.2, 0.25) is 11.6 Å². The summed E-state index contributed by atoms with van der Waals surface area (Å²) < 4.78 is 9.81. The molecule has 0 bridgehead atoms. The molecule has 12 heteroatoms. The lowest BCUT2D eigenvalue weighted by Crippen LogP contribution is -2.71. The van der Waals surface area contributed by atoms with Crippen LogP contribution in [0.5, 0.6) is 11.5 Å². The number of rotatable bonds is 12. The van der Waals surface area contributed by atoms with E-state index in [1.807, 2.05) is 6.07 Å². The van der Waals surface area contributed by atoms with Crippen molar-refractivity contribution in [3.8, 4) is 11.5 Å². The number of benzene rings is 3. The number of anilines is 1. The summed E-state index contributed by atoms with van der Waals surface area (Å²) in [5.41, 5.74) is -7.70. The molecule has 5 N–H and O–H groups in total. The van der Waals surface area contributed by atoms with Crippen LogP contribution in [0.4, 0.5) is 5.69 Å². The van der Waals surface area contributed by atoms with Gasteiger partial charge in [0.25, 0.3) is 11.2 Å². The number of carbonyl (C=O) groups is 4. The number of hydrogen-bond acceptors (Lipinski definition) is 10. The summed E-state index contributed by atoms with van der Waals surface area (Å²) >= 11 is 0. The summed E-state index contributed by atoms with van der Waals surface area (Å²) in [6.45, 7) is 2.56. The molecule has 1 unspecified atom stereocenters. The van der Waals surface area contributed by atoms with Gasteiger partial charge in [0, 0.05) is 36.5 Å². The highest BCUT2D eigenvalue weighted by Crippen LogP contribution is 2.32. The Morgan fingerprint density at radius 2 is 1.18 bits per heavy atom. The fourth-order valence-corrected chi connectivity index (χ4v) is 4.86. The van der Waals surface area contributed by atoms with E-state index in [1.54, 1.807) is 0 Å². The molecule has 0 saturated carbocycles. The normalized spacial score (nSPS) is 16.8. The molecular formula is C32H35NO11. The molecule has 3 aromatic carbocycles. The molecule has 3 aromatic rings. The number of aliphatic hydroxyl groups is 3. The first kappa shape index (κ1) is 33.7. The number of aliphatic hydroxyl groups excluding tert-OH is 1. The molecule has 4 rings (SSSR count). The van der Waals surface area contributed by atoms with Crippen LogP contribution in [0.1, 0.15) is 33.6 Å². The molecule has 1 aliphatic rings. The molecule has 1 heterocycles. The van der Waals surface area contributed by atoms with Crippen LogP contribution in [-0.4, -0.2) is 94.2 Å². The smallest absolute Gasteiger partial charge is 0.348 e. The van der Waals surface area contributed by atoms with Crippen molar-refractivity contribution in [1.82, 2.24) is 0 Å². The van der Waals surface area contributed by atoms with Crippen LogP contribution >= 0.6 is 0 Å². The molecule has 0 aliphatic carbocycles. The van der Waals surface area contributed by atoms with Gasteiger partial charge >= 0.3 is 11.9 Å². The maximum absolute atomic E-state index is 12.8. The first-order chi connectivity index (χ1) is 20.9. The van der Waals surface area contributed by atoms with Crippen molar-refractivity contribution in [2.75, 3.05) is 38.8 Å². The van der Waals surface area contributed by atoms with Crippen molar-refractivity contribution < 1.29 is 54.2 Å². The minimum absolute atomic E-state index is 0.285. The van der Waals surface area contributed by atoms with E-state index >= 15 is 0 Å². The fourth-order valence-electron chi connectivity index (χ4n) is 4.86. The van der Waals surface area contributed by atoms with E-state index in [0.29, 0.717) is 12.5 Å². The van der Waals surface area contributed by atoms with E-state index in [2.05, 4.69) is 29.2 Å². The lowest BCUT2D eigenvalue weighted by molar-refractivity contribution is -0.187. The van der Waals surface area contributed by atoms with Gasteiger partial charge in [-0.3, -0.25) is 9.59 Å². The Morgan fingerprint density at radius 3 is 1.55 bits per heavy atom. The Balaban J connectivity index is 0.000000312. The van der Waals surface area contributed by atoms with Gasteiger partial charge in [0.15, 0.2) is 0 Å².